The number of carbonyl (C=O) groups excluding carboxylic acids is 1. The topological polar surface area (TPSA) is 76.1 Å². The fourth-order valence-corrected chi connectivity index (χ4v) is 4.69. The van der Waals surface area contributed by atoms with Gasteiger partial charge < -0.3 is 19.5 Å². The molecule has 0 spiro atoms. The van der Waals surface area contributed by atoms with E-state index in [4.69, 9.17) is 26.2 Å². The molecule has 1 N–H and O–H groups in total. The van der Waals surface area contributed by atoms with Crippen molar-refractivity contribution >= 4 is 41.3 Å². The van der Waals surface area contributed by atoms with Crippen molar-refractivity contribution < 1.29 is 24.2 Å². The van der Waals surface area contributed by atoms with Gasteiger partial charge in [-0.2, -0.15) is 0 Å². The summed E-state index contributed by atoms with van der Waals surface area (Å²) < 4.78 is 11.2. The van der Waals surface area contributed by atoms with Gasteiger partial charge in [0.1, 0.15) is 13.2 Å². The molecule has 6 nitrogen and oxygen atoms in total. The molecule has 0 aromatic heterocycles. The van der Waals surface area contributed by atoms with Gasteiger partial charge in [-0.15, -0.1) is 0 Å². The highest BCUT2D eigenvalue weighted by Crippen LogP contribution is 2.39. The number of hydrogen-bond donors (Lipinski definition) is 1. The number of aliphatic carboxylic acids is 1. The van der Waals surface area contributed by atoms with Crippen LogP contribution in [0, 0.1) is 5.92 Å². The number of carboxylic acid groups (broad SMARTS) is 1. The molecule has 2 aliphatic heterocycles. The van der Waals surface area contributed by atoms with Crippen molar-refractivity contribution in [1.82, 2.24) is 4.90 Å². The summed E-state index contributed by atoms with van der Waals surface area (Å²) in [7, 11) is 0. The second-order valence-corrected chi connectivity index (χ2v) is 8.89. The van der Waals surface area contributed by atoms with Gasteiger partial charge in [0.25, 0.3) is 0 Å². The summed E-state index contributed by atoms with van der Waals surface area (Å²) in [5, 5.41) is 9.66. The Morgan fingerprint density at radius 2 is 1.81 bits per heavy atom. The largest absolute Gasteiger partial charge is 0.486 e. The molecule has 1 saturated heterocycles. The molecular weight excluding hydrogens is 438 g/mol. The number of carboxylic acids is 1. The van der Waals surface area contributed by atoms with E-state index in [2.05, 4.69) is 0 Å². The zero-order valence-electron chi connectivity index (χ0n) is 16.8. The highest BCUT2D eigenvalue weighted by Gasteiger charge is 2.26. The molecule has 0 radical (unpaired) electrons. The van der Waals surface area contributed by atoms with Crippen molar-refractivity contribution in [2.24, 2.45) is 5.92 Å². The molecule has 2 aromatic carbocycles. The van der Waals surface area contributed by atoms with Gasteiger partial charge >= 0.3 is 5.97 Å². The van der Waals surface area contributed by atoms with Gasteiger partial charge in [0.15, 0.2) is 11.5 Å². The van der Waals surface area contributed by atoms with E-state index in [0.717, 1.165) is 26.9 Å². The van der Waals surface area contributed by atoms with Gasteiger partial charge in [-0.1, -0.05) is 29.4 Å². The number of carbonyl (C=O) groups is 2. The number of amides is 1. The van der Waals surface area contributed by atoms with Crippen molar-refractivity contribution in [3.05, 3.63) is 53.1 Å². The van der Waals surface area contributed by atoms with Crippen molar-refractivity contribution in [3.8, 4) is 11.5 Å². The first-order valence-corrected chi connectivity index (χ1v) is 11.3. The predicted molar refractivity (Wildman–Crippen MR) is 119 cm³/mol. The minimum absolute atomic E-state index is 0.116. The van der Waals surface area contributed by atoms with E-state index in [0.29, 0.717) is 44.2 Å². The molecular formula is C23H22ClNO5S. The van der Waals surface area contributed by atoms with Gasteiger partial charge in [-0.25, -0.2) is 0 Å². The molecule has 0 atom stereocenters. The second kappa shape index (κ2) is 9.66. The molecule has 0 unspecified atom stereocenters. The van der Waals surface area contributed by atoms with Crippen LogP contribution in [0.25, 0.3) is 6.08 Å². The zero-order chi connectivity index (χ0) is 21.8. The third-order valence-electron chi connectivity index (χ3n) is 5.27. The third kappa shape index (κ3) is 5.35. The maximum atomic E-state index is 12.4. The summed E-state index contributed by atoms with van der Waals surface area (Å²) in [4.78, 5) is 27.0. The number of nitrogens with zero attached hydrogens (tertiary/aromatic N) is 1. The van der Waals surface area contributed by atoms with Crippen molar-refractivity contribution in [2.75, 3.05) is 26.3 Å². The fourth-order valence-electron chi connectivity index (χ4n) is 3.54. The van der Waals surface area contributed by atoms with Crippen LogP contribution in [-0.2, 0) is 9.59 Å². The standard InChI is InChI=1S/C23H22ClNO5S/c24-18-13-15(2-6-22(26)25-9-7-16(8-10-25)23(27)28)1-5-21(18)31-17-3-4-19-20(14-17)30-12-11-29-19/h1-6,13-14,16H,7-12H2,(H,27,28)/b6-2+. The fraction of sp³-hybridized carbons (Fsp3) is 0.304. The monoisotopic (exact) mass is 459 g/mol. The smallest absolute Gasteiger partial charge is 0.306 e. The number of halogens is 1. The van der Waals surface area contributed by atoms with Crippen LogP contribution >= 0.6 is 23.4 Å². The van der Waals surface area contributed by atoms with E-state index in [9.17, 15) is 9.59 Å². The van der Waals surface area contributed by atoms with Crippen LogP contribution in [0.2, 0.25) is 5.02 Å². The van der Waals surface area contributed by atoms with Gasteiger partial charge in [-0.05, 0) is 54.8 Å². The first kappa shape index (κ1) is 21.6. The summed E-state index contributed by atoms with van der Waals surface area (Å²) in [5.41, 5.74) is 0.824. The van der Waals surface area contributed by atoms with E-state index in [1.807, 2.05) is 36.4 Å². The Morgan fingerprint density at radius 1 is 1.06 bits per heavy atom. The highest BCUT2D eigenvalue weighted by molar-refractivity contribution is 7.99. The Bertz CT molecular complexity index is 1020. The number of fused-ring (bicyclic) bond motifs is 1. The average Bonchev–Trinajstić information content (AvgIpc) is 2.79. The summed E-state index contributed by atoms with van der Waals surface area (Å²) in [6.45, 7) is 2.03. The van der Waals surface area contributed by atoms with Gasteiger partial charge in [-0.3, -0.25) is 9.59 Å². The molecule has 2 heterocycles. The van der Waals surface area contributed by atoms with Crippen LogP contribution in [0.5, 0.6) is 11.5 Å². The summed E-state index contributed by atoms with van der Waals surface area (Å²) >= 11 is 8.00. The number of likely N-dealkylation sites (tertiary alicyclic amines) is 1. The summed E-state index contributed by atoms with van der Waals surface area (Å²) in [6, 6.07) is 11.5. The Morgan fingerprint density at radius 3 is 2.52 bits per heavy atom. The molecule has 2 aromatic rings. The Kier molecular flexibility index (Phi) is 6.73. The lowest BCUT2D eigenvalue weighted by molar-refractivity contribution is -0.144. The zero-order valence-corrected chi connectivity index (χ0v) is 18.3. The Balaban J connectivity index is 1.37. The van der Waals surface area contributed by atoms with Crippen LogP contribution in [0.3, 0.4) is 0 Å². The molecule has 0 bridgehead atoms. The normalized spacial score (nSPS) is 16.5. The summed E-state index contributed by atoms with van der Waals surface area (Å²) in [6.07, 6.45) is 4.23. The van der Waals surface area contributed by atoms with Crippen LogP contribution < -0.4 is 9.47 Å². The highest BCUT2D eigenvalue weighted by atomic mass is 35.5. The predicted octanol–water partition coefficient (Wildman–Crippen LogP) is 4.60. The Labute approximate surface area is 189 Å². The third-order valence-corrected chi connectivity index (χ3v) is 6.76. The van der Waals surface area contributed by atoms with E-state index in [-0.39, 0.29) is 11.8 Å². The first-order valence-electron chi connectivity index (χ1n) is 10.1. The minimum atomic E-state index is -0.786. The van der Waals surface area contributed by atoms with Crippen LogP contribution in [0.1, 0.15) is 18.4 Å². The molecule has 0 saturated carbocycles. The van der Waals surface area contributed by atoms with Gasteiger partial charge in [0.05, 0.1) is 10.9 Å². The van der Waals surface area contributed by atoms with E-state index in [1.165, 1.54) is 17.8 Å². The SMILES string of the molecule is O=C(O)C1CCN(C(=O)/C=C/c2ccc(Sc3ccc4c(c3)OCCO4)c(Cl)c2)CC1. The number of benzene rings is 2. The maximum Gasteiger partial charge on any atom is 0.306 e. The number of ether oxygens (including phenoxy) is 2. The molecule has 2 aliphatic rings. The molecule has 1 fully saturated rings. The average molecular weight is 460 g/mol. The molecule has 1 amide bonds. The van der Waals surface area contributed by atoms with Gasteiger partial charge in [0, 0.05) is 29.0 Å². The molecule has 4 rings (SSSR count). The number of piperidine rings is 1. The second-order valence-electron chi connectivity index (χ2n) is 7.37. The van der Waals surface area contributed by atoms with Crippen LogP contribution in [-0.4, -0.2) is 48.2 Å². The van der Waals surface area contributed by atoms with Crippen molar-refractivity contribution in [2.45, 2.75) is 22.6 Å². The van der Waals surface area contributed by atoms with Gasteiger partial charge in [0.2, 0.25) is 5.91 Å². The van der Waals surface area contributed by atoms with E-state index in [1.54, 1.807) is 11.0 Å². The van der Waals surface area contributed by atoms with E-state index >= 15 is 0 Å². The first-order chi connectivity index (χ1) is 15.0. The summed E-state index contributed by atoms with van der Waals surface area (Å²) in [5.74, 6) is 0.226. The molecule has 8 heteroatoms. The maximum absolute atomic E-state index is 12.4. The lowest BCUT2D eigenvalue weighted by Gasteiger charge is -2.29. The molecule has 0 aliphatic carbocycles. The van der Waals surface area contributed by atoms with Crippen LogP contribution in [0.4, 0.5) is 0 Å². The molecule has 31 heavy (non-hydrogen) atoms. The number of hydrogen-bond acceptors (Lipinski definition) is 5. The van der Waals surface area contributed by atoms with Crippen molar-refractivity contribution in [3.63, 3.8) is 0 Å². The Hall–Kier alpha value is -2.64. The van der Waals surface area contributed by atoms with E-state index < -0.39 is 5.97 Å². The quantitative estimate of drug-likeness (QED) is 0.658. The van der Waals surface area contributed by atoms with Crippen molar-refractivity contribution in [1.29, 1.82) is 0 Å². The minimum Gasteiger partial charge on any atom is -0.486 e. The lowest BCUT2D eigenvalue weighted by atomic mass is 9.97. The molecule has 162 valence electrons. The lowest BCUT2D eigenvalue weighted by Crippen LogP contribution is -2.39. The van der Waals surface area contributed by atoms with Crippen LogP contribution in [0.15, 0.2) is 52.3 Å². The number of rotatable bonds is 5.